The maximum Gasteiger partial charge on any atom is 0.123 e. The van der Waals surface area contributed by atoms with E-state index in [1.54, 1.807) is 12.1 Å². The van der Waals surface area contributed by atoms with E-state index in [2.05, 4.69) is 61.8 Å². The Hall–Kier alpha value is -1.71. The molecule has 0 spiro atoms. The molecule has 25 heavy (non-hydrogen) atoms. The zero-order valence-corrected chi connectivity index (χ0v) is 15.8. The van der Waals surface area contributed by atoms with E-state index in [0.717, 1.165) is 31.7 Å². The van der Waals surface area contributed by atoms with Crippen LogP contribution in [0.2, 0.25) is 0 Å². The van der Waals surface area contributed by atoms with Crippen molar-refractivity contribution >= 4 is 0 Å². The first-order valence-electron chi connectivity index (χ1n) is 9.26. The average molecular weight is 340 g/mol. The van der Waals surface area contributed by atoms with E-state index >= 15 is 0 Å². The lowest BCUT2D eigenvalue weighted by atomic mass is 10.1. The predicted molar refractivity (Wildman–Crippen MR) is 102 cm³/mol. The van der Waals surface area contributed by atoms with Gasteiger partial charge in [0.05, 0.1) is 0 Å². The van der Waals surface area contributed by atoms with Gasteiger partial charge < -0.3 is 0 Å². The molecule has 0 saturated carbocycles. The number of nitrogens with zero attached hydrogens (tertiary/aromatic N) is 2. The molecule has 2 nitrogen and oxygen atoms in total. The molecular formula is C22H29FN2. The molecule has 3 heteroatoms. The number of fused-ring (bicyclic) bond motifs is 2. The van der Waals surface area contributed by atoms with Crippen LogP contribution < -0.4 is 0 Å². The Morgan fingerprint density at radius 3 is 1.60 bits per heavy atom. The van der Waals surface area contributed by atoms with Crippen LogP contribution in [0.1, 0.15) is 49.9 Å². The number of benzene rings is 2. The van der Waals surface area contributed by atoms with Gasteiger partial charge in [-0.1, -0.05) is 30.3 Å². The molecule has 2 aromatic rings. The first kappa shape index (κ1) is 18.1. The lowest BCUT2D eigenvalue weighted by Gasteiger charge is -2.18. The second-order valence-electron chi connectivity index (χ2n) is 7.68. The highest BCUT2D eigenvalue weighted by Gasteiger charge is 2.21. The fraction of sp³-hybridized carbons (Fsp3) is 0.455. The highest BCUT2D eigenvalue weighted by atomic mass is 19.1. The van der Waals surface area contributed by atoms with Crippen molar-refractivity contribution in [3.05, 3.63) is 70.5 Å². The summed E-state index contributed by atoms with van der Waals surface area (Å²) in [6.45, 7) is 13.0. The van der Waals surface area contributed by atoms with Crippen LogP contribution in [0.3, 0.4) is 0 Å². The Balaban J connectivity index is 0.000000146. The minimum absolute atomic E-state index is 0.121. The molecule has 0 aliphatic carbocycles. The normalized spacial score (nSPS) is 16.8. The van der Waals surface area contributed by atoms with Gasteiger partial charge in [-0.15, -0.1) is 0 Å². The first-order chi connectivity index (χ1) is 11.9. The molecule has 0 saturated heterocycles. The van der Waals surface area contributed by atoms with Crippen molar-refractivity contribution in [2.45, 2.75) is 66.0 Å². The minimum atomic E-state index is -0.121. The van der Waals surface area contributed by atoms with Crippen LogP contribution in [0.15, 0.2) is 42.5 Å². The van der Waals surface area contributed by atoms with Gasteiger partial charge in [0.1, 0.15) is 5.82 Å². The third-order valence-corrected chi connectivity index (χ3v) is 5.24. The van der Waals surface area contributed by atoms with Crippen LogP contribution in [0.25, 0.3) is 0 Å². The summed E-state index contributed by atoms with van der Waals surface area (Å²) in [7, 11) is 0. The van der Waals surface area contributed by atoms with Crippen LogP contribution >= 0.6 is 0 Å². The molecule has 0 amide bonds. The van der Waals surface area contributed by atoms with Crippen molar-refractivity contribution in [1.29, 1.82) is 0 Å². The second-order valence-corrected chi connectivity index (χ2v) is 7.68. The van der Waals surface area contributed by atoms with Gasteiger partial charge in [0.15, 0.2) is 0 Å². The van der Waals surface area contributed by atoms with Crippen molar-refractivity contribution in [1.82, 2.24) is 9.80 Å². The summed E-state index contributed by atoms with van der Waals surface area (Å²) in [6, 6.07) is 15.0. The van der Waals surface area contributed by atoms with Crippen molar-refractivity contribution in [2.24, 2.45) is 0 Å². The number of halogens is 1. The summed E-state index contributed by atoms with van der Waals surface area (Å²) < 4.78 is 12.9. The highest BCUT2D eigenvalue weighted by molar-refractivity contribution is 5.31. The Morgan fingerprint density at radius 1 is 0.680 bits per heavy atom. The summed E-state index contributed by atoms with van der Waals surface area (Å²) in [4.78, 5) is 4.83. The molecule has 2 heterocycles. The van der Waals surface area contributed by atoms with Gasteiger partial charge in [-0.25, -0.2) is 4.39 Å². The van der Waals surface area contributed by atoms with Crippen molar-refractivity contribution < 1.29 is 4.39 Å². The van der Waals surface area contributed by atoms with Crippen LogP contribution in [0, 0.1) is 5.82 Å². The van der Waals surface area contributed by atoms with Gasteiger partial charge in [-0.2, -0.15) is 0 Å². The molecule has 0 radical (unpaired) electrons. The summed E-state index contributed by atoms with van der Waals surface area (Å²) >= 11 is 0. The zero-order chi connectivity index (χ0) is 18.0. The fourth-order valence-corrected chi connectivity index (χ4v) is 3.48. The summed E-state index contributed by atoms with van der Waals surface area (Å²) in [6.07, 6.45) is 0. The molecule has 4 rings (SSSR count). The maximum absolute atomic E-state index is 12.9. The Morgan fingerprint density at radius 2 is 1.12 bits per heavy atom. The molecule has 0 fully saturated rings. The maximum atomic E-state index is 12.9. The summed E-state index contributed by atoms with van der Waals surface area (Å²) in [5.74, 6) is -0.121. The molecule has 0 bridgehead atoms. The second kappa shape index (κ2) is 7.67. The van der Waals surface area contributed by atoms with Crippen molar-refractivity contribution in [3.8, 4) is 0 Å². The van der Waals surface area contributed by atoms with Gasteiger partial charge >= 0.3 is 0 Å². The number of hydrogen-bond donors (Lipinski definition) is 0. The van der Waals surface area contributed by atoms with Gasteiger partial charge in [0.2, 0.25) is 0 Å². The molecule has 0 N–H and O–H groups in total. The van der Waals surface area contributed by atoms with E-state index in [-0.39, 0.29) is 5.82 Å². The van der Waals surface area contributed by atoms with E-state index in [1.807, 2.05) is 6.07 Å². The Kier molecular flexibility index (Phi) is 5.55. The van der Waals surface area contributed by atoms with Crippen LogP contribution in [-0.4, -0.2) is 21.9 Å². The molecule has 2 aromatic carbocycles. The monoisotopic (exact) mass is 340 g/mol. The predicted octanol–water partition coefficient (Wildman–Crippen LogP) is 4.96. The molecular weight excluding hydrogens is 311 g/mol. The third-order valence-electron chi connectivity index (χ3n) is 5.24. The third kappa shape index (κ3) is 4.28. The van der Waals surface area contributed by atoms with E-state index < -0.39 is 0 Å². The smallest absolute Gasteiger partial charge is 0.123 e. The SMILES string of the molecule is CC(C)N1Cc2ccc(F)cc2C1.CC(C)N1Cc2ccccc2C1. The van der Waals surface area contributed by atoms with Gasteiger partial charge in [0, 0.05) is 38.3 Å². The standard InChI is InChI=1S/C11H14FN.C11H15N/c1-8(2)13-6-9-3-4-11(12)5-10(9)7-13;1-9(2)12-7-10-5-3-4-6-11(10)8-12/h3-5,8H,6-7H2,1-2H3;3-6,9H,7-8H2,1-2H3. The van der Waals surface area contributed by atoms with E-state index in [0.29, 0.717) is 12.1 Å². The van der Waals surface area contributed by atoms with Crippen molar-refractivity contribution in [2.75, 3.05) is 0 Å². The fourth-order valence-electron chi connectivity index (χ4n) is 3.48. The van der Waals surface area contributed by atoms with Crippen LogP contribution in [0.4, 0.5) is 4.39 Å². The lowest BCUT2D eigenvalue weighted by Crippen LogP contribution is -2.24. The number of rotatable bonds is 2. The molecule has 2 aliphatic heterocycles. The number of hydrogen-bond acceptors (Lipinski definition) is 2. The summed E-state index contributed by atoms with van der Waals surface area (Å²) in [5, 5.41) is 0. The molecule has 2 aliphatic rings. The minimum Gasteiger partial charge on any atom is -0.292 e. The molecule has 0 atom stereocenters. The van der Waals surface area contributed by atoms with Gasteiger partial charge in [0.25, 0.3) is 0 Å². The quantitative estimate of drug-likeness (QED) is 0.762. The average Bonchev–Trinajstić information content (AvgIpc) is 3.18. The van der Waals surface area contributed by atoms with Gasteiger partial charge in [-0.3, -0.25) is 9.80 Å². The topological polar surface area (TPSA) is 6.48 Å². The van der Waals surface area contributed by atoms with Crippen LogP contribution in [-0.2, 0) is 26.2 Å². The van der Waals surface area contributed by atoms with Gasteiger partial charge in [-0.05, 0) is 62.1 Å². The largest absolute Gasteiger partial charge is 0.292 e. The van der Waals surface area contributed by atoms with E-state index in [1.165, 1.54) is 16.7 Å². The molecule has 0 unspecified atom stereocenters. The first-order valence-corrected chi connectivity index (χ1v) is 9.26. The van der Waals surface area contributed by atoms with Crippen LogP contribution in [0.5, 0.6) is 0 Å². The summed E-state index contributed by atoms with van der Waals surface area (Å²) in [5.41, 5.74) is 5.43. The van der Waals surface area contributed by atoms with E-state index in [4.69, 9.17) is 0 Å². The lowest BCUT2D eigenvalue weighted by molar-refractivity contribution is 0.227. The Labute approximate surface area is 151 Å². The molecule has 0 aromatic heterocycles. The van der Waals surface area contributed by atoms with Crippen molar-refractivity contribution in [3.63, 3.8) is 0 Å². The zero-order valence-electron chi connectivity index (χ0n) is 15.8. The Bertz CT molecular complexity index is 699. The molecule has 134 valence electrons. The van der Waals surface area contributed by atoms with E-state index in [9.17, 15) is 4.39 Å². The highest BCUT2D eigenvalue weighted by Crippen LogP contribution is 2.25.